The van der Waals surface area contributed by atoms with Gasteiger partial charge in [-0.15, -0.1) is 11.3 Å². The predicted molar refractivity (Wildman–Crippen MR) is 103 cm³/mol. The van der Waals surface area contributed by atoms with Crippen molar-refractivity contribution in [1.29, 1.82) is 0 Å². The molecule has 5 heteroatoms. The Hall–Kier alpha value is -2.11. The number of rotatable bonds is 5. The van der Waals surface area contributed by atoms with E-state index >= 15 is 0 Å². The molecule has 2 aromatic heterocycles. The Morgan fingerprint density at radius 3 is 2.76 bits per heavy atom. The minimum absolute atomic E-state index is 0.494. The molecule has 4 nitrogen and oxygen atoms in total. The predicted octanol–water partition coefficient (Wildman–Crippen LogP) is 4.36. The van der Waals surface area contributed by atoms with Gasteiger partial charge in [-0.1, -0.05) is 6.58 Å². The number of fused-ring (bicyclic) bond motifs is 3. The first kappa shape index (κ1) is 16.4. The fourth-order valence-electron chi connectivity index (χ4n) is 3.43. The molecule has 0 spiro atoms. The minimum atomic E-state index is 0.494. The van der Waals surface area contributed by atoms with Crippen LogP contribution in [0, 0.1) is 0 Å². The smallest absolute Gasteiger partial charge is 0.194 e. The zero-order valence-corrected chi connectivity index (χ0v) is 15.4. The molecule has 0 amide bonds. The van der Waals surface area contributed by atoms with Crippen molar-refractivity contribution in [2.75, 3.05) is 6.61 Å². The van der Waals surface area contributed by atoms with Crippen LogP contribution >= 0.6 is 11.3 Å². The zero-order valence-electron chi connectivity index (χ0n) is 14.5. The lowest BCUT2D eigenvalue weighted by Crippen LogP contribution is -2.08. The maximum Gasteiger partial charge on any atom is 0.194 e. The Kier molecular flexibility index (Phi) is 4.36. The quantitative estimate of drug-likeness (QED) is 0.694. The van der Waals surface area contributed by atoms with Crippen LogP contribution < -0.4 is 10.5 Å². The van der Waals surface area contributed by atoms with E-state index in [2.05, 4.69) is 23.1 Å². The third-order valence-electron chi connectivity index (χ3n) is 4.62. The normalized spacial score (nSPS) is 13.8. The van der Waals surface area contributed by atoms with Gasteiger partial charge in [0.05, 0.1) is 11.4 Å². The van der Waals surface area contributed by atoms with E-state index in [0.29, 0.717) is 13.2 Å². The van der Waals surface area contributed by atoms with Crippen molar-refractivity contribution in [1.82, 2.24) is 9.38 Å². The van der Waals surface area contributed by atoms with Gasteiger partial charge in [-0.25, -0.2) is 4.98 Å². The molecule has 3 aromatic rings. The summed E-state index contributed by atoms with van der Waals surface area (Å²) in [5.74, 6) is 0.847. The fourth-order valence-corrected chi connectivity index (χ4v) is 4.66. The third kappa shape index (κ3) is 2.98. The van der Waals surface area contributed by atoms with Gasteiger partial charge in [0.1, 0.15) is 12.4 Å². The summed E-state index contributed by atoms with van der Waals surface area (Å²) in [5.41, 5.74) is 11.7. The summed E-state index contributed by atoms with van der Waals surface area (Å²) in [6.45, 7) is 6.85. The van der Waals surface area contributed by atoms with Gasteiger partial charge in [-0.05, 0) is 62.4 Å². The van der Waals surface area contributed by atoms with Crippen LogP contribution in [0.5, 0.6) is 5.75 Å². The Balaban J connectivity index is 1.71. The maximum atomic E-state index is 6.11. The topological polar surface area (TPSA) is 52.5 Å². The monoisotopic (exact) mass is 353 g/mol. The Morgan fingerprint density at radius 2 is 2.04 bits per heavy atom. The SMILES string of the molecule is C=C(C)COc1ccc(-c2nc3sc4c(n3c2CN)CCCC4)cc1. The average molecular weight is 353 g/mol. The number of thiazole rings is 1. The molecular weight excluding hydrogens is 330 g/mol. The molecule has 1 aromatic carbocycles. The van der Waals surface area contributed by atoms with Gasteiger partial charge >= 0.3 is 0 Å². The standard InChI is InChI=1S/C20H23N3OS/c1-13(2)12-24-15-9-7-14(8-10-15)19-17(11-21)23-16-5-3-4-6-18(16)25-20(23)22-19/h7-10H,1,3-6,11-12,21H2,2H3. The van der Waals surface area contributed by atoms with Crippen molar-refractivity contribution in [2.45, 2.75) is 39.2 Å². The highest BCUT2D eigenvalue weighted by atomic mass is 32.1. The van der Waals surface area contributed by atoms with Crippen molar-refractivity contribution in [2.24, 2.45) is 5.73 Å². The molecule has 4 rings (SSSR count). The molecule has 1 aliphatic carbocycles. The van der Waals surface area contributed by atoms with Crippen molar-refractivity contribution in [3.8, 4) is 17.0 Å². The van der Waals surface area contributed by atoms with Crippen LogP contribution in [0.4, 0.5) is 0 Å². The van der Waals surface area contributed by atoms with Crippen molar-refractivity contribution in [3.05, 3.63) is 52.7 Å². The minimum Gasteiger partial charge on any atom is -0.489 e. The van der Waals surface area contributed by atoms with Crippen molar-refractivity contribution < 1.29 is 4.74 Å². The first-order valence-electron chi connectivity index (χ1n) is 8.77. The lowest BCUT2D eigenvalue weighted by Gasteiger charge is -2.12. The molecule has 2 heterocycles. The second-order valence-corrected chi connectivity index (χ2v) is 7.74. The molecule has 1 aliphatic rings. The lowest BCUT2D eigenvalue weighted by molar-refractivity contribution is 0.353. The highest BCUT2D eigenvalue weighted by Crippen LogP contribution is 2.35. The van der Waals surface area contributed by atoms with Crippen molar-refractivity contribution in [3.63, 3.8) is 0 Å². The number of aryl methyl sites for hydroxylation is 2. The van der Waals surface area contributed by atoms with E-state index in [0.717, 1.165) is 39.7 Å². The van der Waals surface area contributed by atoms with Gasteiger partial charge in [-0.2, -0.15) is 0 Å². The van der Waals surface area contributed by atoms with Crippen LogP contribution in [0.2, 0.25) is 0 Å². The Morgan fingerprint density at radius 1 is 1.28 bits per heavy atom. The van der Waals surface area contributed by atoms with E-state index in [-0.39, 0.29) is 0 Å². The summed E-state index contributed by atoms with van der Waals surface area (Å²) >= 11 is 1.82. The van der Waals surface area contributed by atoms with E-state index in [1.807, 2.05) is 30.4 Å². The third-order valence-corrected chi connectivity index (χ3v) is 5.76. The number of hydrogen-bond acceptors (Lipinski definition) is 4. The molecule has 0 bridgehead atoms. The summed E-state index contributed by atoms with van der Waals surface area (Å²) in [5, 5.41) is 0. The number of benzene rings is 1. The molecule has 0 aliphatic heterocycles. The zero-order chi connectivity index (χ0) is 17.4. The lowest BCUT2D eigenvalue weighted by atomic mass is 10.0. The second kappa shape index (κ2) is 6.65. The van der Waals surface area contributed by atoms with Gasteiger partial charge in [0.15, 0.2) is 4.96 Å². The molecule has 0 unspecified atom stereocenters. The Labute approximate surface area is 152 Å². The van der Waals surface area contributed by atoms with Crippen molar-refractivity contribution >= 4 is 16.3 Å². The van der Waals surface area contributed by atoms with Crippen LogP contribution in [-0.2, 0) is 19.4 Å². The van der Waals surface area contributed by atoms with Gasteiger partial charge in [0.25, 0.3) is 0 Å². The van der Waals surface area contributed by atoms with Gasteiger partial charge in [0, 0.05) is 22.7 Å². The number of ether oxygens (including phenoxy) is 1. The highest BCUT2D eigenvalue weighted by molar-refractivity contribution is 7.17. The largest absolute Gasteiger partial charge is 0.489 e. The number of aromatic nitrogens is 2. The van der Waals surface area contributed by atoms with Gasteiger partial charge in [0.2, 0.25) is 0 Å². The van der Waals surface area contributed by atoms with Crippen LogP contribution in [0.3, 0.4) is 0 Å². The van der Waals surface area contributed by atoms with E-state index in [4.69, 9.17) is 15.5 Å². The average Bonchev–Trinajstić information content (AvgIpc) is 3.16. The number of nitrogens with zero attached hydrogens (tertiary/aromatic N) is 2. The first-order valence-corrected chi connectivity index (χ1v) is 9.58. The molecule has 25 heavy (non-hydrogen) atoms. The van der Waals surface area contributed by atoms with E-state index in [1.54, 1.807) is 0 Å². The maximum absolute atomic E-state index is 6.11. The van der Waals surface area contributed by atoms with Crippen LogP contribution in [-0.4, -0.2) is 16.0 Å². The van der Waals surface area contributed by atoms with Crippen LogP contribution in [0.15, 0.2) is 36.4 Å². The van der Waals surface area contributed by atoms with Gasteiger partial charge < -0.3 is 10.5 Å². The molecule has 0 saturated heterocycles. The first-order chi connectivity index (χ1) is 12.2. The molecular formula is C20H23N3OS. The van der Waals surface area contributed by atoms with Crippen LogP contribution in [0.25, 0.3) is 16.2 Å². The van der Waals surface area contributed by atoms with Crippen LogP contribution in [0.1, 0.15) is 36.0 Å². The number of imidazole rings is 1. The summed E-state index contributed by atoms with van der Waals surface area (Å²) in [4.78, 5) is 7.47. The van der Waals surface area contributed by atoms with Gasteiger partial charge in [-0.3, -0.25) is 4.40 Å². The van der Waals surface area contributed by atoms with E-state index in [9.17, 15) is 0 Å². The summed E-state index contributed by atoms with van der Waals surface area (Å²) < 4.78 is 7.99. The summed E-state index contributed by atoms with van der Waals surface area (Å²) in [7, 11) is 0. The van der Waals surface area contributed by atoms with E-state index < -0.39 is 0 Å². The molecule has 130 valence electrons. The highest BCUT2D eigenvalue weighted by Gasteiger charge is 2.22. The molecule has 0 saturated carbocycles. The molecule has 2 N–H and O–H groups in total. The molecule has 0 atom stereocenters. The number of hydrogen-bond donors (Lipinski definition) is 1. The molecule has 0 radical (unpaired) electrons. The fraction of sp³-hybridized carbons (Fsp3) is 0.350. The molecule has 0 fully saturated rings. The second-order valence-electron chi connectivity index (χ2n) is 6.68. The van der Waals surface area contributed by atoms with E-state index in [1.165, 1.54) is 29.8 Å². The Bertz CT molecular complexity index is 921. The summed E-state index contributed by atoms with van der Waals surface area (Å²) in [6.07, 6.45) is 4.85. The summed E-state index contributed by atoms with van der Waals surface area (Å²) in [6, 6.07) is 8.10. The number of nitrogens with two attached hydrogens (primary N) is 1.